The van der Waals surface area contributed by atoms with E-state index in [4.69, 9.17) is 16.3 Å². The maximum atomic E-state index is 6.59. The Morgan fingerprint density at radius 3 is 2.68 bits per heavy atom. The van der Waals surface area contributed by atoms with E-state index < -0.39 is 0 Å². The molecule has 1 aliphatic rings. The Hall–Kier alpha value is -0.210. The van der Waals surface area contributed by atoms with Crippen LogP contribution in [0.2, 0.25) is 0 Å². The molecule has 2 rings (SSSR count). The quantitative estimate of drug-likeness (QED) is 0.593. The molecular weight excluding hydrogens is 324 g/mol. The SMILES string of the molecule is COc1cc(C)c(Br)cc1C(Cl)CCC1CCCC1. The molecule has 1 nitrogen and oxygen atoms in total. The zero-order chi connectivity index (χ0) is 13.8. The van der Waals surface area contributed by atoms with Crippen molar-refractivity contribution in [3.63, 3.8) is 0 Å². The van der Waals surface area contributed by atoms with E-state index in [-0.39, 0.29) is 5.38 Å². The van der Waals surface area contributed by atoms with Crippen LogP contribution in [0.25, 0.3) is 0 Å². The van der Waals surface area contributed by atoms with Crippen molar-refractivity contribution in [2.75, 3.05) is 7.11 Å². The van der Waals surface area contributed by atoms with Gasteiger partial charge in [0.1, 0.15) is 5.75 Å². The Morgan fingerprint density at radius 1 is 1.37 bits per heavy atom. The number of rotatable bonds is 5. The van der Waals surface area contributed by atoms with Crippen molar-refractivity contribution in [3.05, 3.63) is 27.7 Å². The van der Waals surface area contributed by atoms with Gasteiger partial charge in [-0.3, -0.25) is 0 Å². The first-order valence-corrected chi connectivity index (χ1v) is 8.33. The standard InChI is InChI=1S/C16H22BrClO/c1-11-9-16(19-2)13(10-14(11)17)15(18)8-7-12-5-3-4-6-12/h9-10,12,15H,3-8H2,1-2H3. The van der Waals surface area contributed by atoms with Crippen LogP contribution >= 0.6 is 27.5 Å². The summed E-state index contributed by atoms with van der Waals surface area (Å²) in [6.07, 6.45) is 7.85. The lowest BCUT2D eigenvalue weighted by atomic mass is 9.97. The van der Waals surface area contributed by atoms with Gasteiger partial charge in [0.15, 0.2) is 0 Å². The number of methoxy groups -OCH3 is 1. The minimum Gasteiger partial charge on any atom is -0.496 e. The maximum absolute atomic E-state index is 6.59. The van der Waals surface area contributed by atoms with Crippen molar-refractivity contribution >= 4 is 27.5 Å². The van der Waals surface area contributed by atoms with Crippen molar-refractivity contribution in [1.82, 2.24) is 0 Å². The number of alkyl halides is 1. The van der Waals surface area contributed by atoms with Crippen LogP contribution in [0, 0.1) is 12.8 Å². The Kier molecular flexibility index (Phi) is 5.58. The van der Waals surface area contributed by atoms with Gasteiger partial charge >= 0.3 is 0 Å². The maximum Gasteiger partial charge on any atom is 0.123 e. The Labute approximate surface area is 129 Å². The molecule has 0 saturated heterocycles. The summed E-state index contributed by atoms with van der Waals surface area (Å²) in [5.74, 6) is 1.80. The van der Waals surface area contributed by atoms with Gasteiger partial charge in [-0.2, -0.15) is 0 Å². The molecule has 0 aromatic heterocycles. The monoisotopic (exact) mass is 344 g/mol. The van der Waals surface area contributed by atoms with Crippen molar-refractivity contribution < 1.29 is 4.74 Å². The van der Waals surface area contributed by atoms with Crippen LogP contribution in [0.5, 0.6) is 5.75 Å². The fourth-order valence-corrected chi connectivity index (χ4v) is 3.59. The number of hydrogen-bond donors (Lipinski definition) is 0. The van der Waals surface area contributed by atoms with Crippen LogP contribution in [0.3, 0.4) is 0 Å². The minimum atomic E-state index is 0.0486. The van der Waals surface area contributed by atoms with E-state index in [0.29, 0.717) is 0 Å². The molecule has 0 spiro atoms. The van der Waals surface area contributed by atoms with Gasteiger partial charge in [-0.05, 0) is 43.4 Å². The highest BCUT2D eigenvalue weighted by Gasteiger charge is 2.19. The van der Waals surface area contributed by atoms with E-state index >= 15 is 0 Å². The molecule has 1 unspecified atom stereocenters. The fourth-order valence-electron chi connectivity index (χ4n) is 2.93. The van der Waals surface area contributed by atoms with Gasteiger partial charge in [0.2, 0.25) is 0 Å². The average Bonchev–Trinajstić information content (AvgIpc) is 2.91. The van der Waals surface area contributed by atoms with Gasteiger partial charge in [0.25, 0.3) is 0 Å². The molecule has 1 saturated carbocycles. The lowest BCUT2D eigenvalue weighted by Crippen LogP contribution is -2.00. The van der Waals surface area contributed by atoms with Crippen LogP contribution < -0.4 is 4.74 Å². The van der Waals surface area contributed by atoms with Crippen molar-refractivity contribution in [3.8, 4) is 5.75 Å². The van der Waals surface area contributed by atoms with E-state index in [0.717, 1.165) is 28.1 Å². The summed E-state index contributed by atoms with van der Waals surface area (Å²) in [5.41, 5.74) is 2.29. The van der Waals surface area contributed by atoms with Crippen LogP contribution in [0.1, 0.15) is 55.0 Å². The highest BCUT2D eigenvalue weighted by atomic mass is 79.9. The summed E-state index contributed by atoms with van der Waals surface area (Å²) in [6.45, 7) is 2.07. The number of ether oxygens (including phenoxy) is 1. The summed E-state index contributed by atoms with van der Waals surface area (Å²) in [6, 6.07) is 4.17. The van der Waals surface area contributed by atoms with Crippen molar-refractivity contribution in [1.29, 1.82) is 0 Å². The third kappa shape index (κ3) is 3.88. The summed E-state index contributed by atoms with van der Waals surface area (Å²) >= 11 is 10.2. The highest BCUT2D eigenvalue weighted by molar-refractivity contribution is 9.10. The van der Waals surface area contributed by atoms with Crippen LogP contribution in [0.4, 0.5) is 0 Å². The normalized spacial score (nSPS) is 17.7. The predicted octanol–water partition coefficient (Wildman–Crippen LogP) is 6.02. The molecule has 1 aliphatic carbocycles. The number of benzene rings is 1. The molecule has 1 aromatic rings. The molecular formula is C16H22BrClO. The molecule has 0 heterocycles. The first-order valence-electron chi connectivity index (χ1n) is 7.10. The molecule has 1 atom stereocenters. The van der Waals surface area contributed by atoms with Crippen LogP contribution in [0.15, 0.2) is 16.6 Å². The largest absolute Gasteiger partial charge is 0.496 e. The average molecular weight is 346 g/mol. The van der Waals surface area contributed by atoms with E-state index in [1.54, 1.807) is 7.11 Å². The second-order valence-corrected chi connectivity index (χ2v) is 6.92. The molecule has 1 fully saturated rings. The van der Waals surface area contributed by atoms with Crippen molar-refractivity contribution in [2.45, 2.75) is 50.8 Å². The number of hydrogen-bond acceptors (Lipinski definition) is 1. The lowest BCUT2D eigenvalue weighted by Gasteiger charge is -2.17. The smallest absolute Gasteiger partial charge is 0.123 e. The predicted molar refractivity (Wildman–Crippen MR) is 85.2 cm³/mol. The molecule has 0 radical (unpaired) electrons. The zero-order valence-electron chi connectivity index (χ0n) is 11.7. The number of halogens is 2. The summed E-state index contributed by atoms with van der Waals surface area (Å²) in [4.78, 5) is 0. The van der Waals surface area contributed by atoms with E-state index in [2.05, 4.69) is 35.0 Å². The second-order valence-electron chi connectivity index (χ2n) is 5.54. The lowest BCUT2D eigenvalue weighted by molar-refractivity contribution is 0.405. The molecule has 0 N–H and O–H groups in total. The molecule has 3 heteroatoms. The molecule has 0 bridgehead atoms. The third-order valence-electron chi connectivity index (χ3n) is 4.15. The fraction of sp³-hybridized carbons (Fsp3) is 0.625. The Morgan fingerprint density at radius 2 is 2.05 bits per heavy atom. The van der Waals surface area contributed by atoms with Gasteiger partial charge < -0.3 is 4.74 Å². The van der Waals surface area contributed by atoms with Gasteiger partial charge in [-0.15, -0.1) is 11.6 Å². The third-order valence-corrected chi connectivity index (χ3v) is 5.46. The summed E-state index contributed by atoms with van der Waals surface area (Å²) < 4.78 is 6.58. The van der Waals surface area contributed by atoms with Crippen LogP contribution in [-0.2, 0) is 0 Å². The first-order chi connectivity index (χ1) is 9.11. The van der Waals surface area contributed by atoms with E-state index in [1.165, 1.54) is 37.7 Å². The zero-order valence-corrected chi connectivity index (χ0v) is 14.1. The topological polar surface area (TPSA) is 9.23 Å². The minimum absolute atomic E-state index is 0.0486. The van der Waals surface area contributed by atoms with Gasteiger partial charge in [0, 0.05) is 10.0 Å². The Balaban J connectivity index is 2.04. The molecule has 19 heavy (non-hydrogen) atoms. The Bertz CT molecular complexity index is 427. The first kappa shape index (κ1) is 15.2. The summed E-state index contributed by atoms with van der Waals surface area (Å²) in [5, 5.41) is 0.0486. The van der Waals surface area contributed by atoms with Gasteiger partial charge in [-0.1, -0.05) is 41.6 Å². The highest BCUT2D eigenvalue weighted by Crippen LogP contribution is 2.39. The molecule has 0 aliphatic heterocycles. The van der Waals surface area contributed by atoms with Gasteiger partial charge in [0.05, 0.1) is 12.5 Å². The van der Waals surface area contributed by atoms with E-state index in [1.807, 2.05) is 0 Å². The van der Waals surface area contributed by atoms with Gasteiger partial charge in [-0.25, -0.2) is 0 Å². The van der Waals surface area contributed by atoms with Crippen molar-refractivity contribution in [2.24, 2.45) is 5.92 Å². The molecule has 0 amide bonds. The number of aryl methyl sites for hydroxylation is 1. The molecule has 106 valence electrons. The molecule has 1 aromatic carbocycles. The summed E-state index contributed by atoms with van der Waals surface area (Å²) in [7, 11) is 1.72. The van der Waals surface area contributed by atoms with E-state index in [9.17, 15) is 0 Å². The van der Waals surface area contributed by atoms with Crippen LogP contribution in [-0.4, -0.2) is 7.11 Å². The second kappa shape index (κ2) is 6.99.